The zero-order valence-electron chi connectivity index (χ0n) is 11.0. The van der Waals surface area contributed by atoms with Gasteiger partial charge in [-0.1, -0.05) is 29.8 Å². The number of hydrogen-bond acceptors (Lipinski definition) is 4. The summed E-state index contributed by atoms with van der Waals surface area (Å²) in [7, 11) is 1.49. The lowest BCUT2D eigenvalue weighted by Gasteiger charge is -2.12. The molecular weight excluding hydrogens is 280 g/mol. The number of carbonyl (C=O) groups is 1. The smallest absolute Gasteiger partial charge is 0.252 e. The van der Waals surface area contributed by atoms with E-state index < -0.39 is 6.10 Å². The van der Waals surface area contributed by atoms with Crippen LogP contribution in [0.1, 0.15) is 10.4 Å². The normalized spacial score (nSPS) is 12.3. The van der Waals surface area contributed by atoms with Gasteiger partial charge in [0.1, 0.15) is 5.15 Å². The molecule has 0 saturated heterocycles. The Bertz CT molecular complexity index is 618. The van der Waals surface area contributed by atoms with Crippen molar-refractivity contribution >= 4 is 28.4 Å². The number of amides is 1. The lowest BCUT2D eigenvalue weighted by Crippen LogP contribution is -2.34. The van der Waals surface area contributed by atoms with Gasteiger partial charge in [0.25, 0.3) is 5.91 Å². The van der Waals surface area contributed by atoms with Crippen LogP contribution in [-0.2, 0) is 4.74 Å². The first-order chi connectivity index (χ1) is 9.61. The number of nitrogens with one attached hydrogen (secondary N) is 1. The van der Waals surface area contributed by atoms with E-state index in [1.165, 1.54) is 13.2 Å². The van der Waals surface area contributed by atoms with Crippen molar-refractivity contribution in [3.8, 4) is 0 Å². The maximum atomic E-state index is 12.2. The minimum absolute atomic E-state index is 0.112. The number of rotatable bonds is 5. The van der Waals surface area contributed by atoms with Crippen LogP contribution < -0.4 is 5.32 Å². The summed E-state index contributed by atoms with van der Waals surface area (Å²) in [6, 6.07) is 8.77. The van der Waals surface area contributed by atoms with Crippen molar-refractivity contribution in [2.45, 2.75) is 6.10 Å². The van der Waals surface area contributed by atoms with E-state index in [1.807, 2.05) is 12.1 Å². The van der Waals surface area contributed by atoms with Gasteiger partial charge in [0.2, 0.25) is 0 Å². The molecule has 1 aromatic carbocycles. The standard InChI is InChI=1S/C14H15ClN2O3/c1-20-8-9(18)7-16-14(19)11-6-13(15)17-12-5-3-2-4-10(11)12/h2-6,9,18H,7-8H2,1H3,(H,16,19). The molecule has 0 aliphatic rings. The molecule has 0 aliphatic carbocycles. The van der Waals surface area contributed by atoms with Gasteiger partial charge in [0, 0.05) is 19.0 Å². The number of para-hydroxylation sites is 1. The zero-order valence-corrected chi connectivity index (χ0v) is 11.7. The average Bonchev–Trinajstić information content (AvgIpc) is 2.44. The Balaban J connectivity index is 2.21. The topological polar surface area (TPSA) is 71.5 Å². The Kier molecular flexibility index (Phi) is 4.89. The number of nitrogens with zero attached hydrogens (tertiary/aromatic N) is 1. The van der Waals surface area contributed by atoms with Crippen LogP contribution in [0.2, 0.25) is 5.15 Å². The summed E-state index contributed by atoms with van der Waals surface area (Å²) in [4.78, 5) is 16.3. The van der Waals surface area contributed by atoms with E-state index in [-0.39, 0.29) is 24.2 Å². The summed E-state index contributed by atoms with van der Waals surface area (Å²) in [6.07, 6.45) is -0.743. The molecule has 1 amide bonds. The first kappa shape index (κ1) is 14.7. The van der Waals surface area contributed by atoms with Gasteiger partial charge < -0.3 is 15.2 Å². The number of pyridine rings is 1. The molecule has 2 aromatic rings. The van der Waals surface area contributed by atoms with Crippen molar-refractivity contribution in [3.05, 3.63) is 41.0 Å². The maximum Gasteiger partial charge on any atom is 0.252 e. The first-order valence-electron chi connectivity index (χ1n) is 6.12. The largest absolute Gasteiger partial charge is 0.389 e. The summed E-state index contributed by atoms with van der Waals surface area (Å²) < 4.78 is 4.80. The molecule has 1 unspecified atom stereocenters. The van der Waals surface area contributed by atoms with Crippen LogP contribution in [0.25, 0.3) is 10.9 Å². The third-order valence-electron chi connectivity index (χ3n) is 2.79. The van der Waals surface area contributed by atoms with E-state index >= 15 is 0 Å². The minimum Gasteiger partial charge on any atom is -0.389 e. The van der Waals surface area contributed by atoms with Crippen molar-refractivity contribution in [1.29, 1.82) is 0 Å². The second-order valence-corrected chi connectivity index (χ2v) is 4.72. The molecule has 1 heterocycles. The summed E-state index contributed by atoms with van der Waals surface area (Å²) in [5, 5.41) is 13.2. The molecule has 2 N–H and O–H groups in total. The van der Waals surface area contributed by atoms with Crippen LogP contribution in [0.5, 0.6) is 0 Å². The van der Waals surface area contributed by atoms with Gasteiger partial charge in [-0.05, 0) is 12.1 Å². The van der Waals surface area contributed by atoms with Crippen molar-refractivity contribution in [2.24, 2.45) is 0 Å². The fraction of sp³-hybridized carbons (Fsp3) is 0.286. The third-order valence-corrected chi connectivity index (χ3v) is 2.98. The average molecular weight is 295 g/mol. The lowest BCUT2D eigenvalue weighted by molar-refractivity contribution is 0.0610. The Morgan fingerprint density at radius 2 is 2.25 bits per heavy atom. The number of aliphatic hydroxyl groups excluding tert-OH is 1. The number of halogens is 1. The van der Waals surface area contributed by atoms with Crippen LogP contribution in [-0.4, -0.2) is 42.4 Å². The molecule has 6 heteroatoms. The molecule has 0 fully saturated rings. The van der Waals surface area contributed by atoms with E-state index in [4.69, 9.17) is 16.3 Å². The molecule has 0 spiro atoms. The quantitative estimate of drug-likeness (QED) is 0.822. The summed E-state index contributed by atoms with van der Waals surface area (Å²) in [6.45, 7) is 0.277. The number of fused-ring (bicyclic) bond motifs is 1. The second kappa shape index (κ2) is 6.65. The minimum atomic E-state index is -0.743. The van der Waals surface area contributed by atoms with Gasteiger partial charge in [-0.2, -0.15) is 0 Å². The molecule has 0 bridgehead atoms. The maximum absolute atomic E-state index is 12.2. The molecule has 5 nitrogen and oxygen atoms in total. The Morgan fingerprint density at radius 3 is 3.00 bits per heavy atom. The van der Waals surface area contributed by atoms with E-state index in [0.29, 0.717) is 11.1 Å². The SMILES string of the molecule is COCC(O)CNC(=O)c1cc(Cl)nc2ccccc12. The van der Waals surface area contributed by atoms with E-state index in [1.54, 1.807) is 12.1 Å². The van der Waals surface area contributed by atoms with Gasteiger partial charge >= 0.3 is 0 Å². The van der Waals surface area contributed by atoms with Crippen molar-refractivity contribution in [2.75, 3.05) is 20.3 Å². The van der Waals surface area contributed by atoms with Crippen LogP contribution >= 0.6 is 11.6 Å². The second-order valence-electron chi connectivity index (χ2n) is 4.33. The van der Waals surface area contributed by atoms with Gasteiger partial charge in [0.05, 0.1) is 23.8 Å². The van der Waals surface area contributed by atoms with E-state index in [0.717, 1.165) is 5.39 Å². The van der Waals surface area contributed by atoms with E-state index in [2.05, 4.69) is 10.3 Å². The van der Waals surface area contributed by atoms with Crippen LogP contribution in [0, 0.1) is 0 Å². The van der Waals surface area contributed by atoms with Crippen molar-refractivity contribution in [1.82, 2.24) is 10.3 Å². The monoisotopic (exact) mass is 294 g/mol. The fourth-order valence-corrected chi connectivity index (χ4v) is 2.09. The summed E-state index contributed by atoms with van der Waals surface area (Å²) in [5.74, 6) is -0.305. The molecular formula is C14H15ClN2O3. The van der Waals surface area contributed by atoms with Crippen LogP contribution in [0.15, 0.2) is 30.3 Å². The molecule has 1 aromatic heterocycles. The molecule has 20 heavy (non-hydrogen) atoms. The predicted molar refractivity (Wildman–Crippen MR) is 77.0 cm³/mol. The highest BCUT2D eigenvalue weighted by Gasteiger charge is 2.13. The Hall–Kier alpha value is -1.69. The van der Waals surface area contributed by atoms with Gasteiger partial charge in [-0.3, -0.25) is 4.79 Å². The van der Waals surface area contributed by atoms with E-state index in [9.17, 15) is 9.90 Å². The molecule has 1 atom stereocenters. The molecule has 0 radical (unpaired) electrons. The number of carbonyl (C=O) groups excluding carboxylic acids is 1. The summed E-state index contributed by atoms with van der Waals surface area (Å²) in [5.41, 5.74) is 1.09. The number of aliphatic hydroxyl groups is 1. The number of aromatic nitrogens is 1. The highest BCUT2D eigenvalue weighted by atomic mass is 35.5. The van der Waals surface area contributed by atoms with Crippen molar-refractivity contribution < 1.29 is 14.6 Å². The fourth-order valence-electron chi connectivity index (χ4n) is 1.89. The highest BCUT2D eigenvalue weighted by Crippen LogP contribution is 2.20. The first-order valence-corrected chi connectivity index (χ1v) is 6.50. The van der Waals surface area contributed by atoms with Crippen molar-refractivity contribution in [3.63, 3.8) is 0 Å². The number of methoxy groups -OCH3 is 1. The van der Waals surface area contributed by atoms with Crippen LogP contribution in [0.4, 0.5) is 0 Å². The molecule has 2 rings (SSSR count). The molecule has 106 valence electrons. The van der Waals surface area contributed by atoms with Crippen LogP contribution in [0.3, 0.4) is 0 Å². The predicted octanol–water partition coefficient (Wildman–Crippen LogP) is 1.63. The molecule has 0 aliphatic heterocycles. The van der Waals surface area contributed by atoms with Gasteiger partial charge in [-0.25, -0.2) is 4.98 Å². The number of ether oxygens (including phenoxy) is 1. The molecule has 0 saturated carbocycles. The Morgan fingerprint density at radius 1 is 1.50 bits per heavy atom. The van der Waals surface area contributed by atoms with Gasteiger partial charge in [-0.15, -0.1) is 0 Å². The third kappa shape index (κ3) is 3.45. The summed E-state index contributed by atoms with van der Waals surface area (Å²) >= 11 is 5.92. The zero-order chi connectivity index (χ0) is 14.5. The van der Waals surface area contributed by atoms with Gasteiger partial charge in [0.15, 0.2) is 0 Å². The lowest BCUT2D eigenvalue weighted by atomic mass is 10.1. The number of benzene rings is 1. The number of hydrogen-bond donors (Lipinski definition) is 2. The Labute approximate surface area is 121 Å². The highest BCUT2D eigenvalue weighted by molar-refractivity contribution is 6.30.